The van der Waals surface area contributed by atoms with Crippen molar-refractivity contribution >= 4 is 11.9 Å². The lowest BCUT2D eigenvalue weighted by Gasteiger charge is -2.34. The summed E-state index contributed by atoms with van der Waals surface area (Å²) in [5.74, 6) is 1.50. The minimum Gasteiger partial charge on any atom is -0.497 e. The number of benzene rings is 1. The van der Waals surface area contributed by atoms with Crippen molar-refractivity contribution in [1.82, 2.24) is 14.9 Å². The lowest BCUT2D eigenvalue weighted by atomic mass is 10.2. The van der Waals surface area contributed by atoms with Crippen LogP contribution in [0.3, 0.4) is 0 Å². The fourth-order valence-corrected chi connectivity index (χ4v) is 2.49. The van der Waals surface area contributed by atoms with Gasteiger partial charge in [-0.05, 0) is 23.8 Å². The zero-order chi connectivity index (χ0) is 15.4. The molecule has 1 amide bonds. The first-order chi connectivity index (χ1) is 10.8. The summed E-state index contributed by atoms with van der Waals surface area (Å²) in [5, 5.41) is 0. The number of hydrogen-bond acceptors (Lipinski definition) is 5. The van der Waals surface area contributed by atoms with Crippen LogP contribution in [-0.2, 0) is 11.3 Å². The van der Waals surface area contributed by atoms with Crippen LogP contribution in [0.2, 0.25) is 0 Å². The lowest BCUT2D eigenvalue weighted by molar-refractivity contribution is -0.131. The Balaban J connectivity index is 1.64. The molecular weight excluding hydrogens is 280 g/mol. The van der Waals surface area contributed by atoms with Crippen LogP contribution in [0.4, 0.5) is 5.95 Å². The maximum absolute atomic E-state index is 12.3. The summed E-state index contributed by atoms with van der Waals surface area (Å²) < 4.78 is 5.22. The van der Waals surface area contributed by atoms with E-state index in [0.717, 1.165) is 17.9 Å². The molecule has 2 heterocycles. The molecule has 3 rings (SSSR count). The van der Waals surface area contributed by atoms with E-state index in [1.54, 1.807) is 25.6 Å². The molecule has 1 saturated heterocycles. The molecule has 0 N–H and O–H groups in total. The van der Waals surface area contributed by atoms with Crippen LogP contribution < -0.4 is 9.64 Å². The highest BCUT2D eigenvalue weighted by Gasteiger charge is 2.25. The molecule has 6 nitrogen and oxygen atoms in total. The lowest BCUT2D eigenvalue weighted by Crippen LogP contribution is -2.50. The second-order valence-corrected chi connectivity index (χ2v) is 5.14. The number of rotatable bonds is 4. The summed E-state index contributed by atoms with van der Waals surface area (Å²) in [5.41, 5.74) is 1.07. The van der Waals surface area contributed by atoms with Crippen molar-refractivity contribution in [3.63, 3.8) is 0 Å². The Kier molecular flexibility index (Phi) is 4.18. The molecule has 0 unspecified atom stereocenters. The van der Waals surface area contributed by atoms with Gasteiger partial charge in [-0.25, -0.2) is 9.97 Å². The van der Waals surface area contributed by atoms with Crippen LogP contribution in [-0.4, -0.2) is 47.5 Å². The summed E-state index contributed by atoms with van der Waals surface area (Å²) in [4.78, 5) is 24.5. The van der Waals surface area contributed by atoms with Gasteiger partial charge < -0.3 is 14.5 Å². The number of anilines is 1. The van der Waals surface area contributed by atoms with Gasteiger partial charge in [0.1, 0.15) is 12.3 Å². The van der Waals surface area contributed by atoms with Gasteiger partial charge in [0.15, 0.2) is 0 Å². The van der Waals surface area contributed by atoms with E-state index in [9.17, 15) is 4.79 Å². The van der Waals surface area contributed by atoms with Crippen molar-refractivity contribution in [2.24, 2.45) is 0 Å². The normalized spacial score (nSPS) is 15.0. The number of aromatic nitrogens is 2. The molecule has 0 aliphatic carbocycles. The third-order valence-corrected chi connectivity index (χ3v) is 3.66. The van der Waals surface area contributed by atoms with Crippen molar-refractivity contribution < 1.29 is 9.53 Å². The van der Waals surface area contributed by atoms with E-state index in [1.807, 2.05) is 34.1 Å². The minimum atomic E-state index is 0.0847. The molecular formula is C16H18N4O2. The highest BCUT2D eigenvalue weighted by atomic mass is 16.5. The first-order valence-corrected chi connectivity index (χ1v) is 7.19. The SMILES string of the molecule is COc1cccc(CN2CCN(c3ncccn3)CC2=O)c1. The van der Waals surface area contributed by atoms with E-state index < -0.39 is 0 Å². The van der Waals surface area contributed by atoms with Crippen molar-refractivity contribution in [2.45, 2.75) is 6.54 Å². The van der Waals surface area contributed by atoms with Crippen LogP contribution >= 0.6 is 0 Å². The van der Waals surface area contributed by atoms with Crippen LogP contribution in [0.1, 0.15) is 5.56 Å². The van der Waals surface area contributed by atoms with Crippen molar-refractivity contribution in [2.75, 3.05) is 31.6 Å². The predicted molar refractivity (Wildman–Crippen MR) is 82.7 cm³/mol. The average molecular weight is 298 g/mol. The topological polar surface area (TPSA) is 58.6 Å². The number of methoxy groups -OCH3 is 1. The molecule has 0 radical (unpaired) electrons. The van der Waals surface area contributed by atoms with E-state index in [1.165, 1.54) is 0 Å². The molecule has 22 heavy (non-hydrogen) atoms. The van der Waals surface area contributed by atoms with Crippen molar-refractivity contribution in [1.29, 1.82) is 0 Å². The Hall–Kier alpha value is -2.63. The Morgan fingerprint density at radius 2 is 2.00 bits per heavy atom. The zero-order valence-corrected chi connectivity index (χ0v) is 12.5. The summed E-state index contributed by atoms with van der Waals surface area (Å²) in [6.45, 7) is 2.31. The molecule has 1 aliphatic rings. The third kappa shape index (κ3) is 3.16. The van der Waals surface area contributed by atoms with Crippen LogP contribution in [0.25, 0.3) is 0 Å². The monoisotopic (exact) mass is 298 g/mol. The van der Waals surface area contributed by atoms with E-state index in [2.05, 4.69) is 9.97 Å². The van der Waals surface area contributed by atoms with Gasteiger partial charge in [0.2, 0.25) is 11.9 Å². The van der Waals surface area contributed by atoms with Gasteiger partial charge in [-0.1, -0.05) is 12.1 Å². The molecule has 0 atom stereocenters. The van der Waals surface area contributed by atoms with Gasteiger partial charge in [-0.15, -0.1) is 0 Å². The summed E-state index contributed by atoms with van der Waals surface area (Å²) in [7, 11) is 1.64. The van der Waals surface area contributed by atoms with Gasteiger partial charge in [0.25, 0.3) is 0 Å². The summed E-state index contributed by atoms with van der Waals surface area (Å²) in [6.07, 6.45) is 3.38. The van der Waals surface area contributed by atoms with E-state index in [4.69, 9.17) is 4.74 Å². The van der Waals surface area contributed by atoms with Crippen molar-refractivity contribution in [3.05, 3.63) is 48.3 Å². The number of carbonyl (C=O) groups is 1. The molecule has 1 fully saturated rings. The molecule has 2 aromatic rings. The number of piperazine rings is 1. The first kappa shape index (κ1) is 14.3. The quantitative estimate of drug-likeness (QED) is 0.852. The Morgan fingerprint density at radius 3 is 2.73 bits per heavy atom. The molecule has 114 valence electrons. The molecule has 1 aliphatic heterocycles. The summed E-state index contributed by atoms with van der Waals surface area (Å²) in [6, 6.07) is 9.56. The largest absolute Gasteiger partial charge is 0.497 e. The number of hydrogen-bond donors (Lipinski definition) is 0. The van der Waals surface area contributed by atoms with Crippen molar-refractivity contribution in [3.8, 4) is 5.75 Å². The van der Waals surface area contributed by atoms with Crippen LogP contribution in [0, 0.1) is 0 Å². The highest BCUT2D eigenvalue weighted by Crippen LogP contribution is 2.17. The van der Waals surface area contributed by atoms with Gasteiger partial charge in [0.05, 0.1) is 7.11 Å². The van der Waals surface area contributed by atoms with Crippen LogP contribution in [0.15, 0.2) is 42.7 Å². The van der Waals surface area contributed by atoms with E-state index >= 15 is 0 Å². The fourth-order valence-electron chi connectivity index (χ4n) is 2.49. The second kappa shape index (κ2) is 6.43. The molecule has 6 heteroatoms. The maximum Gasteiger partial charge on any atom is 0.242 e. The molecule has 1 aromatic heterocycles. The first-order valence-electron chi connectivity index (χ1n) is 7.19. The highest BCUT2D eigenvalue weighted by molar-refractivity contribution is 5.82. The van der Waals surface area contributed by atoms with Gasteiger partial charge in [-0.3, -0.25) is 4.79 Å². The standard InChI is InChI=1S/C16H18N4O2/c1-22-14-5-2-4-13(10-14)11-19-8-9-20(12-15(19)21)16-17-6-3-7-18-16/h2-7,10H,8-9,11-12H2,1H3. The molecule has 1 aromatic carbocycles. The van der Waals surface area contributed by atoms with Gasteiger partial charge in [0, 0.05) is 32.0 Å². The fraction of sp³-hybridized carbons (Fsp3) is 0.312. The number of amides is 1. The predicted octanol–water partition coefficient (Wildman–Crippen LogP) is 1.33. The van der Waals surface area contributed by atoms with Gasteiger partial charge in [-0.2, -0.15) is 0 Å². The van der Waals surface area contributed by atoms with E-state index in [-0.39, 0.29) is 5.91 Å². The molecule has 0 saturated carbocycles. The zero-order valence-electron chi connectivity index (χ0n) is 12.5. The Bertz CT molecular complexity index is 648. The maximum atomic E-state index is 12.3. The van der Waals surface area contributed by atoms with Gasteiger partial charge >= 0.3 is 0 Å². The number of carbonyl (C=O) groups excluding carboxylic acids is 1. The van der Waals surface area contributed by atoms with E-state index in [0.29, 0.717) is 25.6 Å². The molecule has 0 spiro atoms. The number of nitrogens with zero attached hydrogens (tertiary/aromatic N) is 4. The smallest absolute Gasteiger partial charge is 0.242 e. The Labute approximate surface area is 129 Å². The summed E-state index contributed by atoms with van der Waals surface area (Å²) >= 11 is 0. The van der Waals surface area contributed by atoms with Crippen LogP contribution in [0.5, 0.6) is 5.75 Å². The second-order valence-electron chi connectivity index (χ2n) is 5.14. The third-order valence-electron chi connectivity index (χ3n) is 3.66. The Morgan fingerprint density at radius 1 is 1.18 bits per heavy atom. The average Bonchev–Trinajstić information content (AvgIpc) is 2.58. The number of ether oxygens (including phenoxy) is 1. The minimum absolute atomic E-state index is 0.0847. The molecule has 0 bridgehead atoms.